The highest BCUT2D eigenvalue weighted by Crippen LogP contribution is 2.22. The van der Waals surface area contributed by atoms with Crippen molar-refractivity contribution in [3.63, 3.8) is 0 Å². The van der Waals surface area contributed by atoms with Gasteiger partial charge < -0.3 is 5.73 Å². The molecule has 0 fully saturated rings. The van der Waals surface area contributed by atoms with Crippen molar-refractivity contribution < 1.29 is 0 Å². The second kappa shape index (κ2) is 4.58. The first-order chi connectivity index (χ1) is 6.20. The molecule has 0 bridgehead atoms. The second-order valence-corrected chi connectivity index (χ2v) is 4.08. The molecule has 0 aliphatic heterocycles. The van der Waals surface area contributed by atoms with Gasteiger partial charge >= 0.3 is 0 Å². The zero-order chi connectivity index (χ0) is 9.84. The van der Waals surface area contributed by atoms with Crippen LogP contribution in [0.2, 0.25) is 0 Å². The summed E-state index contributed by atoms with van der Waals surface area (Å²) in [6, 6.07) is 0. The Kier molecular flexibility index (Phi) is 3.69. The lowest BCUT2D eigenvalue weighted by molar-refractivity contribution is 0.825. The summed E-state index contributed by atoms with van der Waals surface area (Å²) >= 11 is 1.70. The molecule has 2 N–H and O–H groups in total. The number of thioether (sulfide) groups is 1. The molecule has 0 spiro atoms. The third-order valence-corrected chi connectivity index (χ3v) is 2.92. The normalized spacial score (nSPS) is 10.5. The average molecular weight is 197 g/mol. The standard InChI is InChI=1S/C9H15N3S/c1-4-13-9-8(5-10)6(2)7(3)11-12-9/h4-5,10H2,1-3H3. The lowest BCUT2D eigenvalue weighted by Crippen LogP contribution is -2.06. The van der Waals surface area contributed by atoms with Crippen LogP contribution in [0.1, 0.15) is 23.7 Å². The Morgan fingerprint density at radius 2 is 2.00 bits per heavy atom. The Balaban J connectivity index is 3.13. The molecule has 0 aliphatic carbocycles. The highest BCUT2D eigenvalue weighted by atomic mass is 32.2. The maximum absolute atomic E-state index is 5.67. The van der Waals surface area contributed by atoms with Gasteiger partial charge in [-0.2, -0.15) is 5.10 Å². The van der Waals surface area contributed by atoms with Gasteiger partial charge in [0.1, 0.15) is 5.03 Å². The number of nitrogens with two attached hydrogens (primary N) is 1. The first-order valence-corrected chi connectivity index (χ1v) is 5.34. The Labute approximate surface area is 83.1 Å². The van der Waals surface area contributed by atoms with Crippen molar-refractivity contribution in [1.82, 2.24) is 10.2 Å². The molecule has 1 rings (SSSR count). The lowest BCUT2D eigenvalue weighted by atomic mass is 10.1. The van der Waals surface area contributed by atoms with Crippen LogP contribution < -0.4 is 5.73 Å². The molecule has 72 valence electrons. The van der Waals surface area contributed by atoms with Crippen LogP contribution in [0.5, 0.6) is 0 Å². The van der Waals surface area contributed by atoms with Crippen molar-refractivity contribution in [2.75, 3.05) is 5.75 Å². The molecule has 4 heteroatoms. The molecule has 0 aliphatic rings. The van der Waals surface area contributed by atoms with Crippen LogP contribution in [0.4, 0.5) is 0 Å². The van der Waals surface area contributed by atoms with E-state index in [2.05, 4.69) is 17.1 Å². The van der Waals surface area contributed by atoms with Gasteiger partial charge in [0.15, 0.2) is 0 Å². The van der Waals surface area contributed by atoms with Crippen LogP contribution in [0, 0.1) is 13.8 Å². The van der Waals surface area contributed by atoms with Crippen LogP contribution in [0.3, 0.4) is 0 Å². The third kappa shape index (κ3) is 2.19. The SMILES string of the molecule is CCSc1nnc(C)c(C)c1CN. The van der Waals surface area contributed by atoms with E-state index < -0.39 is 0 Å². The van der Waals surface area contributed by atoms with Crippen molar-refractivity contribution in [3.05, 3.63) is 16.8 Å². The molecule has 13 heavy (non-hydrogen) atoms. The molecule has 0 saturated carbocycles. The maximum atomic E-state index is 5.67. The summed E-state index contributed by atoms with van der Waals surface area (Å²) < 4.78 is 0. The molecule has 1 aromatic rings. The number of hydrogen-bond acceptors (Lipinski definition) is 4. The van der Waals surface area contributed by atoms with E-state index in [4.69, 9.17) is 5.73 Å². The fourth-order valence-electron chi connectivity index (χ4n) is 1.13. The van der Waals surface area contributed by atoms with Gasteiger partial charge in [-0.25, -0.2) is 0 Å². The topological polar surface area (TPSA) is 51.8 Å². The first-order valence-electron chi connectivity index (χ1n) is 4.36. The van der Waals surface area contributed by atoms with E-state index in [-0.39, 0.29) is 0 Å². The number of aryl methyl sites for hydroxylation is 1. The van der Waals surface area contributed by atoms with E-state index in [1.807, 2.05) is 13.8 Å². The summed E-state index contributed by atoms with van der Waals surface area (Å²) in [5, 5.41) is 9.19. The largest absolute Gasteiger partial charge is 0.326 e. The predicted octanol–water partition coefficient (Wildman–Crippen LogP) is 1.66. The van der Waals surface area contributed by atoms with Gasteiger partial charge in [-0.1, -0.05) is 6.92 Å². The van der Waals surface area contributed by atoms with E-state index in [1.54, 1.807) is 11.8 Å². The van der Waals surface area contributed by atoms with Crippen molar-refractivity contribution in [1.29, 1.82) is 0 Å². The Morgan fingerprint density at radius 1 is 1.31 bits per heavy atom. The van der Waals surface area contributed by atoms with E-state index in [1.165, 1.54) is 5.56 Å². The fourth-order valence-corrected chi connectivity index (χ4v) is 1.91. The fraction of sp³-hybridized carbons (Fsp3) is 0.556. The van der Waals surface area contributed by atoms with Gasteiger partial charge in [-0.05, 0) is 25.2 Å². The Bertz CT molecular complexity index is 299. The smallest absolute Gasteiger partial charge is 0.124 e. The number of nitrogens with zero attached hydrogens (tertiary/aromatic N) is 2. The summed E-state index contributed by atoms with van der Waals surface area (Å²) in [6.45, 7) is 6.65. The molecule has 0 atom stereocenters. The van der Waals surface area contributed by atoms with Gasteiger partial charge in [0.25, 0.3) is 0 Å². The quantitative estimate of drug-likeness (QED) is 0.749. The summed E-state index contributed by atoms with van der Waals surface area (Å²) in [7, 11) is 0. The first kappa shape index (κ1) is 10.5. The summed E-state index contributed by atoms with van der Waals surface area (Å²) in [4.78, 5) is 0. The number of rotatable bonds is 3. The molecule has 1 heterocycles. The highest BCUT2D eigenvalue weighted by molar-refractivity contribution is 7.99. The maximum Gasteiger partial charge on any atom is 0.124 e. The highest BCUT2D eigenvalue weighted by Gasteiger charge is 2.08. The van der Waals surface area contributed by atoms with Gasteiger partial charge in [0.05, 0.1) is 5.69 Å². The Morgan fingerprint density at radius 3 is 2.54 bits per heavy atom. The minimum Gasteiger partial charge on any atom is -0.326 e. The van der Waals surface area contributed by atoms with Gasteiger partial charge in [0, 0.05) is 12.1 Å². The van der Waals surface area contributed by atoms with Crippen LogP contribution in [0.15, 0.2) is 5.03 Å². The van der Waals surface area contributed by atoms with E-state index in [9.17, 15) is 0 Å². The molecule has 0 amide bonds. The minimum atomic E-state index is 0.546. The third-order valence-electron chi connectivity index (χ3n) is 2.03. The zero-order valence-electron chi connectivity index (χ0n) is 8.29. The van der Waals surface area contributed by atoms with Gasteiger partial charge in [-0.15, -0.1) is 16.9 Å². The van der Waals surface area contributed by atoms with Crippen LogP contribution in [0.25, 0.3) is 0 Å². The van der Waals surface area contributed by atoms with Crippen LogP contribution >= 0.6 is 11.8 Å². The molecular formula is C9H15N3S. The zero-order valence-corrected chi connectivity index (χ0v) is 9.11. The van der Waals surface area contributed by atoms with E-state index in [0.717, 1.165) is 22.0 Å². The molecule has 1 aromatic heterocycles. The Hall–Kier alpha value is -0.610. The van der Waals surface area contributed by atoms with Crippen molar-refractivity contribution in [2.24, 2.45) is 5.73 Å². The predicted molar refractivity (Wildman–Crippen MR) is 55.8 cm³/mol. The van der Waals surface area contributed by atoms with Crippen LogP contribution in [-0.2, 0) is 6.54 Å². The molecule has 3 nitrogen and oxygen atoms in total. The number of hydrogen-bond donors (Lipinski definition) is 1. The lowest BCUT2D eigenvalue weighted by Gasteiger charge is -2.09. The molecule has 0 radical (unpaired) electrons. The van der Waals surface area contributed by atoms with E-state index >= 15 is 0 Å². The van der Waals surface area contributed by atoms with Crippen molar-refractivity contribution in [2.45, 2.75) is 32.3 Å². The van der Waals surface area contributed by atoms with E-state index in [0.29, 0.717) is 6.54 Å². The summed E-state index contributed by atoms with van der Waals surface area (Å²) in [5.41, 5.74) is 8.96. The summed E-state index contributed by atoms with van der Waals surface area (Å²) in [5.74, 6) is 1.00. The number of aromatic nitrogens is 2. The molecule has 0 unspecified atom stereocenters. The second-order valence-electron chi connectivity index (χ2n) is 2.83. The van der Waals surface area contributed by atoms with Crippen molar-refractivity contribution >= 4 is 11.8 Å². The van der Waals surface area contributed by atoms with Crippen LogP contribution in [-0.4, -0.2) is 16.0 Å². The van der Waals surface area contributed by atoms with Crippen molar-refractivity contribution in [3.8, 4) is 0 Å². The average Bonchev–Trinajstić information content (AvgIpc) is 2.12. The summed E-state index contributed by atoms with van der Waals surface area (Å²) in [6.07, 6.45) is 0. The monoisotopic (exact) mass is 197 g/mol. The van der Waals surface area contributed by atoms with Gasteiger partial charge in [0.2, 0.25) is 0 Å². The minimum absolute atomic E-state index is 0.546. The molecular weight excluding hydrogens is 182 g/mol. The molecule has 0 aromatic carbocycles. The molecule has 0 saturated heterocycles. The van der Waals surface area contributed by atoms with Gasteiger partial charge in [-0.3, -0.25) is 0 Å².